The minimum atomic E-state index is -1.08. The number of carbonyl (C=O) groups is 3. The zero-order valence-corrected chi connectivity index (χ0v) is 21.2. The van der Waals surface area contributed by atoms with Crippen molar-refractivity contribution in [1.82, 2.24) is 10.2 Å². The third kappa shape index (κ3) is 8.91. The van der Waals surface area contributed by atoms with Gasteiger partial charge >= 0.3 is 12.1 Å². The van der Waals surface area contributed by atoms with E-state index < -0.39 is 17.6 Å². The number of hydrogen-bond donors (Lipinski definition) is 2. The summed E-state index contributed by atoms with van der Waals surface area (Å²) in [7, 11) is 0. The molecule has 8 heteroatoms. The summed E-state index contributed by atoms with van der Waals surface area (Å²) in [6.07, 6.45) is 1.42. The van der Waals surface area contributed by atoms with E-state index in [0.29, 0.717) is 38.3 Å². The molecule has 1 heterocycles. The van der Waals surface area contributed by atoms with Gasteiger partial charge in [-0.15, -0.1) is 0 Å². The van der Waals surface area contributed by atoms with E-state index in [1.54, 1.807) is 17.0 Å². The van der Waals surface area contributed by atoms with Crippen LogP contribution in [0.15, 0.2) is 54.6 Å². The minimum absolute atomic E-state index is 0.0965. The number of benzene rings is 2. The Kier molecular flexibility index (Phi) is 9.33. The van der Waals surface area contributed by atoms with Crippen molar-refractivity contribution in [2.24, 2.45) is 5.92 Å². The third-order valence-corrected chi connectivity index (χ3v) is 5.99. The predicted molar refractivity (Wildman–Crippen MR) is 136 cm³/mol. The number of piperidine rings is 1. The van der Waals surface area contributed by atoms with Crippen LogP contribution >= 0.6 is 0 Å². The Labute approximate surface area is 212 Å². The SMILES string of the molecule is CC(C)(C)OC(=O)N1CCC(CC(=O)NC(Cc2ccc(OCc3ccccc3)cc2)C(=O)O)CC1. The van der Waals surface area contributed by atoms with Gasteiger partial charge in [-0.25, -0.2) is 9.59 Å². The lowest BCUT2D eigenvalue weighted by Crippen LogP contribution is -2.45. The summed E-state index contributed by atoms with van der Waals surface area (Å²) in [5.41, 5.74) is 1.31. The van der Waals surface area contributed by atoms with Gasteiger partial charge in [-0.3, -0.25) is 4.79 Å². The second-order valence-corrected chi connectivity index (χ2v) is 10.2. The molecule has 2 N–H and O–H groups in total. The van der Waals surface area contributed by atoms with Crippen LogP contribution in [0.2, 0.25) is 0 Å². The molecule has 1 atom stereocenters. The molecule has 0 saturated carbocycles. The summed E-state index contributed by atoms with van der Waals surface area (Å²) >= 11 is 0. The van der Waals surface area contributed by atoms with Crippen molar-refractivity contribution in [3.8, 4) is 5.75 Å². The minimum Gasteiger partial charge on any atom is -0.489 e. The summed E-state index contributed by atoms with van der Waals surface area (Å²) in [6, 6.07) is 16.0. The Morgan fingerprint density at radius 2 is 1.64 bits per heavy atom. The lowest BCUT2D eigenvalue weighted by molar-refractivity contribution is -0.142. The van der Waals surface area contributed by atoms with Gasteiger partial charge in [0.05, 0.1) is 0 Å². The number of carboxylic acids is 1. The molecule has 36 heavy (non-hydrogen) atoms. The van der Waals surface area contributed by atoms with Gasteiger partial charge in [0.1, 0.15) is 24.0 Å². The van der Waals surface area contributed by atoms with Crippen molar-refractivity contribution in [3.05, 3.63) is 65.7 Å². The van der Waals surface area contributed by atoms with E-state index in [9.17, 15) is 19.5 Å². The third-order valence-electron chi connectivity index (χ3n) is 5.99. The number of ether oxygens (including phenoxy) is 2. The summed E-state index contributed by atoms with van der Waals surface area (Å²) in [5.74, 6) is -0.580. The van der Waals surface area contributed by atoms with Gasteiger partial charge in [-0.2, -0.15) is 0 Å². The van der Waals surface area contributed by atoms with Gasteiger partial charge in [-0.1, -0.05) is 42.5 Å². The van der Waals surface area contributed by atoms with Crippen LogP contribution in [0.1, 0.15) is 51.2 Å². The van der Waals surface area contributed by atoms with E-state index in [1.165, 1.54) is 0 Å². The fraction of sp³-hybridized carbons (Fsp3) is 0.464. The van der Waals surface area contributed by atoms with E-state index in [-0.39, 0.29) is 30.8 Å². The van der Waals surface area contributed by atoms with Crippen molar-refractivity contribution >= 4 is 18.0 Å². The van der Waals surface area contributed by atoms with Crippen LogP contribution in [0.4, 0.5) is 4.79 Å². The Hall–Kier alpha value is -3.55. The van der Waals surface area contributed by atoms with E-state index >= 15 is 0 Å². The maximum atomic E-state index is 12.6. The number of carbonyl (C=O) groups excluding carboxylic acids is 2. The van der Waals surface area contributed by atoms with E-state index in [2.05, 4.69) is 5.32 Å². The second kappa shape index (κ2) is 12.4. The Balaban J connectivity index is 1.44. The molecule has 3 rings (SSSR count). The monoisotopic (exact) mass is 496 g/mol. The van der Waals surface area contributed by atoms with Crippen molar-refractivity contribution in [2.45, 2.75) is 64.7 Å². The molecule has 0 aromatic heterocycles. The first kappa shape index (κ1) is 27.0. The number of hydrogen-bond acceptors (Lipinski definition) is 5. The van der Waals surface area contributed by atoms with E-state index in [1.807, 2.05) is 63.2 Å². The zero-order valence-electron chi connectivity index (χ0n) is 21.2. The first-order valence-electron chi connectivity index (χ1n) is 12.3. The standard InChI is InChI=1S/C28H36N2O6/c1-28(2,3)36-27(34)30-15-13-21(14-16-30)18-25(31)29-24(26(32)33)17-20-9-11-23(12-10-20)35-19-22-7-5-4-6-8-22/h4-12,21,24H,13-19H2,1-3H3,(H,29,31)(H,32,33). The molecule has 1 unspecified atom stereocenters. The van der Waals surface area contributed by atoms with Crippen LogP contribution in [0.25, 0.3) is 0 Å². The topological polar surface area (TPSA) is 105 Å². The molecule has 1 fully saturated rings. The van der Waals surface area contributed by atoms with Gasteiger partial charge in [0.15, 0.2) is 0 Å². The number of nitrogens with one attached hydrogen (secondary N) is 1. The molecule has 2 amide bonds. The molecule has 8 nitrogen and oxygen atoms in total. The maximum absolute atomic E-state index is 12.6. The normalized spacial score (nSPS) is 15.1. The molecule has 0 radical (unpaired) electrons. The summed E-state index contributed by atoms with van der Waals surface area (Å²) in [6.45, 7) is 6.98. The van der Waals surface area contributed by atoms with Gasteiger partial charge in [0, 0.05) is 25.9 Å². The lowest BCUT2D eigenvalue weighted by Gasteiger charge is -2.33. The number of carboxylic acid groups (broad SMARTS) is 1. The number of nitrogens with zero attached hydrogens (tertiary/aromatic N) is 1. The molecule has 1 saturated heterocycles. The van der Waals surface area contributed by atoms with Crippen LogP contribution in [0, 0.1) is 5.92 Å². The van der Waals surface area contributed by atoms with Crippen LogP contribution in [0.5, 0.6) is 5.75 Å². The summed E-state index contributed by atoms with van der Waals surface area (Å²) in [5, 5.41) is 12.3. The Morgan fingerprint density at radius 1 is 1.00 bits per heavy atom. The van der Waals surface area contributed by atoms with Crippen LogP contribution < -0.4 is 10.1 Å². The molecular formula is C28H36N2O6. The molecule has 2 aromatic rings. The van der Waals surface area contributed by atoms with Gasteiger partial charge in [0.2, 0.25) is 5.91 Å². The molecule has 194 valence electrons. The summed E-state index contributed by atoms with van der Waals surface area (Å²) < 4.78 is 11.2. The first-order chi connectivity index (χ1) is 17.1. The largest absolute Gasteiger partial charge is 0.489 e. The molecule has 1 aliphatic rings. The van der Waals surface area contributed by atoms with Crippen LogP contribution in [-0.4, -0.2) is 52.7 Å². The number of rotatable bonds is 9. The van der Waals surface area contributed by atoms with E-state index in [0.717, 1.165) is 11.1 Å². The summed E-state index contributed by atoms with van der Waals surface area (Å²) in [4.78, 5) is 38.3. The smallest absolute Gasteiger partial charge is 0.410 e. The molecule has 0 aliphatic carbocycles. The average Bonchev–Trinajstić information content (AvgIpc) is 2.83. The highest BCUT2D eigenvalue weighted by molar-refractivity contribution is 5.83. The number of amides is 2. The number of aliphatic carboxylic acids is 1. The lowest BCUT2D eigenvalue weighted by atomic mass is 9.93. The van der Waals surface area contributed by atoms with Crippen LogP contribution in [-0.2, 0) is 27.4 Å². The molecule has 0 spiro atoms. The Bertz CT molecular complexity index is 1010. The molecule has 1 aliphatic heterocycles. The zero-order chi connectivity index (χ0) is 26.1. The molecular weight excluding hydrogens is 460 g/mol. The van der Waals surface area contributed by atoms with Crippen LogP contribution in [0.3, 0.4) is 0 Å². The van der Waals surface area contributed by atoms with Crippen molar-refractivity contribution in [2.75, 3.05) is 13.1 Å². The maximum Gasteiger partial charge on any atom is 0.410 e. The van der Waals surface area contributed by atoms with Crippen molar-refractivity contribution in [3.63, 3.8) is 0 Å². The quantitative estimate of drug-likeness (QED) is 0.533. The fourth-order valence-electron chi connectivity index (χ4n) is 4.06. The van der Waals surface area contributed by atoms with Crippen molar-refractivity contribution in [1.29, 1.82) is 0 Å². The van der Waals surface area contributed by atoms with Crippen molar-refractivity contribution < 1.29 is 29.0 Å². The molecule has 0 bridgehead atoms. The average molecular weight is 497 g/mol. The van der Waals surface area contributed by atoms with Gasteiger partial charge in [0.25, 0.3) is 0 Å². The highest BCUT2D eigenvalue weighted by Crippen LogP contribution is 2.22. The number of likely N-dealkylation sites (tertiary alicyclic amines) is 1. The predicted octanol–water partition coefficient (Wildman–Crippen LogP) is 4.41. The van der Waals surface area contributed by atoms with E-state index in [4.69, 9.17) is 9.47 Å². The second-order valence-electron chi connectivity index (χ2n) is 10.2. The Morgan fingerprint density at radius 3 is 2.22 bits per heavy atom. The first-order valence-corrected chi connectivity index (χ1v) is 12.3. The van der Waals surface area contributed by atoms with Gasteiger partial charge < -0.3 is 24.8 Å². The highest BCUT2D eigenvalue weighted by atomic mass is 16.6. The fourth-order valence-corrected chi connectivity index (χ4v) is 4.06. The van der Waals surface area contributed by atoms with Gasteiger partial charge in [-0.05, 0) is 62.8 Å². The highest BCUT2D eigenvalue weighted by Gasteiger charge is 2.29. The molecule has 2 aromatic carbocycles.